The van der Waals surface area contributed by atoms with E-state index in [0.29, 0.717) is 12.1 Å². The van der Waals surface area contributed by atoms with Gasteiger partial charge in [0.25, 0.3) is 5.91 Å². The molecule has 3 aromatic carbocycles. The highest BCUT2D eigenvalue weighted by atomic mass is 16.5. The zero-order valence-corrected chi connectivity index (χ0v) is 19.6. The summed E-state index contributed by atoms with van der Waals surface area (Å²) in [5.41, 5.74) is 6.97. The van der Waals surface area contributed by atoms with Crippen molar-refractivity contribution in [2.45, 2.75) is 31.3 Å². The molecule has 1 fully saturated rings. The van der Waals surface area contributed by atoms with Crippen molar-refractivity contribution in [3.8, 4) is 0 Å². The van der Waals surface area contributed by atoms with Crippen LogP contribution in [0.5, 0.6) is 0 Å². The number of rotatable bonds is 5. The van der Waals surface area contributed by atoms with Gasteiger partial charge in [-0.2, -0.15) is 0 Å². The zero-order chi connectivity index (χ0) is 24.3. The molecule has 0 atom stereocenters. The van der Waals surface area contributed by atoms with Crippen LogP contribution in [0.2, 0.25) is 0 Å². The molecule has 0 unspecified atom stereocenters. The molecule has 0 bridgehead atoms. The van der Waals surface area contributed by atoms with Gasteiger partial charge < -0.3 is 15.1 Å². The van der Waals surface area contributed by atoms with Gasteiger partial charge in [-0.1, -0.05) is 60.7 Å². The number of urea groups is 1. The number of hydrogen-bond acceptors (Lipinski definition) is 4. The maximum atomic E-state index is 12.9. The second-order valence-electron chi connectivity index (χ2n) is 9.42. The molecule has 2 aliphatic rings. The Morgan fingerprint density at radius 3 is 2.26 bits per heavy atom. The number of carbonyl (C=O) groups excluding carboxylic acids is 2. The monoisotopic (exact) mass is 470 g/mol. The molecule has 2 heterocycles. The van der Waals surface area contributed by atoms with E-state index in [-0.39, 0.29) is 11.4 Å². The van der Waals surface area contributed by atoms with Crippen molar-refractivity contribution in [1.29, 1.82) is 0 Å². The summed E-state index contributed by atoms with van der Waals surface area (Å²) in [6, 6.07) is 26.0. The summed E-state index contributed by atoms with van der Waals surface area (Å²) in [6.45, 7) is 3.69. The summed E-state index contributed by atoms with van der Waals surface area (Å²) in [7, 11) is 0. The molecule has 1 spiro atoms. The molecule has 0 aliphatic carbocycles. The van der Waals surface area contributed by atoms with Crippen molar-refractivity contribution in [3.63, 3.8) is 0 Å². The molecule has 1 saturated heterocycles. The SMILES string of the molecule is O=C(NO)c1ccc(CNC(=O)N2CCC3(CC2)CN(Cc2ccccc2)c2ccccc23)cc1. The Morgan fingerprint density at radius 2 is 1.54 bits per heavy atom. The minimum Gasteiger partial charge on any atom is -0.366 e. The third kappa shape index (κ3) is 4.72. The normalized spacial score (nSPS) is 16.1. The van der Waals surface area contributed by atoms with Crippen molar-refractivity contribution >= 4 is 17.6 Å². The molecule has 5 rings (SSSR count). The van der Waals surface area contributed by atoms with Gasteiger partial charge in [0, 0.05) is 49.4 Å². The summed E-state index contributed by atoms with van der Waals surface area (Å²) >= 11 is 0. The number of nitrogens with one attached hydrogen (secondary N) is 2. The maximum Gasteiger partial charge on any atom is 0.317 e. The Bertz CT molecular complexity index is 1190. The lowest BCUT2D eigenvalue weighted by atomic mass is 9.74. The summed E-state index contributed by atoms with van der Waals surface area (Å²) in [5, 5.41) is 11.7. The molecule has 2 aliphatic heterocycles. The quantitative estimate of drug-likeness (QED) is 0.388. The van der Waals surface area contributed by atoms with Crippen molar-refractivity contribution in [2.24, 2.45) is 0 Å². The summed E-state index contributed by atoms with van der Waals surface area (Å²) in [4.78, 5) is 28.7. The fourth-order valence-corrected chi connectivity index (χ4v) is 5.37. The molecule has 180 valence electrons. The molecule has 3 amide bonds. The Balaban J connectivity index is 1.20. The fourth-order valence-electron chi connectivity index (χ4n) is 5.37. The van der Waals surface area contributed by atoms with Gasteiger partial charge in [0.1, 0.15) is 0 Å². The van der Waals surface area contributed by atoms with E-state index in [1.807, 2.05) is 4.90 Å². The molecule has 3 aromatic rings. The van der Waals surface area contributed by atoms with Crippen LogP contribution in [0, 0.1) is 0 Å². The van der Waals surface area contributed by atoms with Crippen LogP contribution in [0.4, 0.5) is 10.5 Å². The maximum absolute atomic E-state index is 12.9. The molecule has 0 radical (unpaired) electrons. The van der Waals surface area contributed by atoms with Crippen LogP contribution in [0.15, 0.2) is 78.9 Å². The Hall–Kier alpha value is -3.84. The molecule has 0 aromatic heterocycles. The van der Waals surface area contributed by atoms with Crippen LogP contribution in [0.3, 0.4) is 0 Å². The minimum atomic E-state index is -0.557. The van der Waals surface area contributed by atoms with E-state index in [2.05, 4.69) is 64.8 Å². The molecular formula is C28H30N4O3. The van der Waals surface area contributed by atoms with Gasteiger partial charge in [-0.15, -0.1) is 0 Å². The van der Waals surface area contributed by atoms with Crippen LogP contribution in [-0.4, -0.2) is 41.7 Å². The number of anilines is 1. The zero-order valence-electron chi connectivity index (χ0n) is 19.6. The van der Waals surface area contributed by atoms with Crippen LogP contribution in [0.1, 0.15) is 39.9 Å². The second kappa shape index (κ2) is 9.80. The molecule has 0 saturated carbocycles. The summed E-state index contributed by atoms with van der Waals surface area (Å²) < 4.78 is 0. The van der Waals surface area contributed by atoms with Crippen LogP contribution in [0.25, 0.3) is 0 Å². The number of hydroxylamine groups is 1. The third-order valence-electron chi connectivity index (χ3n) is 7.30. The van der Waals surface area contributed by atoms with Gasteiger partial charge >= 0.3 is 6.03 Å². The van der Waals surface area contributed by atoms with E-state index >= 15 is 0 Å². The second-order valence-corrected chi connectivity index (χ2v) is 9.42. The Labute approximate surface area is 205 Å². The first-order valence-electron chi connectivity index (χ1n) is 12.0. The van der Waals surface area contributed by atoms with Crippen molar-refractivity contribution in [2.75, 3.05) is 24.5 Å². The van der Waals surface area contributed by atoms with E-state index in [9.17, 15) is 9.59 Å². The van der Waals surface area contributed by atoms with Gasteiger partial charge in [-0.25, -0.2) is 10.3 Å². The third-order valence-corrected chi connectivity index (χ3v) is 7.30. The number of hydrogen-bond donors (Lipinski definition) is 3. The first-order chi connectivity index (χ1) is 17.1. The van der Waals surface area contributed by atoms with Gasteiger partial charge in [-0.05, 0) is 47.7 Å². The van der Waals surface area contributed by atoms with Gasteiger partial charge in [0.2, 0.25) is 0 Å². The Morgan fingerprint density at radius 1 is 0.857 bits per heavy atom. The van der Waals surface area contributed by atoms with E-state index < -0.39 is 5.91 Å². The standard InChI is InChI=1S/C28H30N4O3/c33-26(30-35)23-12-10-21(11-13-23)18-29-27(34)31-16-14-28(15-17-31)20-32(19-22-6-2-1-3-7-22)25-9-5-4-8-24(25)28/h1-13,35H,14-20H2,(H,29,34)(H,30,33). The number of para-hydroxylation sites is 1. The number of benzene rings is 3. The minimum absolute atomic E-state index is 0.0653. The highest BCUT2D eigenvalue weighted by Gasteiger charge is 2.45. The van der Waals surface area contributed by atoms with E-state index in [1.54, 1.807) is 29.7 Å². The number of likely N-dealkylation sites (tertiary alicyclic amines) is 1. The van der Waals surface area contributed by atoms with Crippen molar-refractivity contribution < 1.29 is 14.8 Å². The molecule has 3 N–H and O–H groups in total. The fraction of sp³-hybridized carbons (Fsp3) is 0.286. The van der Waals surface area contributed by atoms with Crippen LogP contribution >= 0.6 is 0 Å². The number of carbonyl (C=O) groups is 2. The van der Waals surface area contributed by atoms with E-state index in [0.717, 1.165) is 44.6 Å². The average molecular weight is 471 g/mol. The first-order valence-corrected chi connectivity index (χ1v) is 12.0. The van der Waals surface area contributed by atoms with Gasteiger partial charge in [0.15, 0.2) is 0 Å². The number of piperidine rings is 1. The lowest BCUT2D eigenvalue weighted by Crippen LogP contribution is -2.49. The first kappa shape index (κ1) is 22.9. The number of nitrogens with zero attached hydrogens (tertiary/aromatic N) is 2. The Kier molecular flexibility index (Phi) is 6.42. The number of amides is 3. The molecule has 7 heteroatoms. The predicted octanol–water partition coefficient (Wildman–Crippen LogP) is 4.07. The smallest absolute Gasteiger partial charge is 0.317 e. The number of fused-ring (bicyclic) bond motifs is 2. The molecule has 7 nitrogen and oxygen atoms in total. The van der Waals surface area contributed by atoms with Crippen molar-refractivity contribution in [1.82, 2.24) is 15.7 Å². The summed E-state index contributed by atoms with van der Waals surface area (Å²) in [6.07, 6.45) is 1.88. The van der Waals surface area contributed by atoms with Gasteiger partial charge in [0.05, 0.1) is 0 Å². The highest BCUT2D eigenvalue weighted by Crippen LogP contribution is 2.47. The van der Waals surface area contributed by atoms with Crippen LogP contribution < -0.4 is 15.7 Å². The molecule has 35 heavy (non-hydrogen) atoms. The highest BCUT2D eigenvalue weighted by molar-refractivity contribution is 5.93. The van der Waals surface area contributed by atoms with Crippen LogP contribution in [-0.2, 0) is 18.5 Å². The van der Waals surface area contributed by atoms with Gasteiger partial charge in [-0.3, -0.25) is 10.0 Å². The predicted molar refractivity (Wildman–Crippen MR) is 134 cm³/mol. The summed E-state index contributed by atoms with van der Waals surface area (Å²) in [5.74, 6) is -0.557. The van der Waals surface area contributed by atoms with E-state index in [4.69, 9.17) is 5.21 Å². The van der Waals surface area contributed by atoms with E-state index in [1.165, 1.54) is 16.8 Å². The lowest BCUT2D eigenvalue weighted by Gasteiger charge is -2.40. The average Bonchev–Trinajstić information content (AvgIpc) is 3.20. The largest absolute Gasteiger partial charge is 0.366 e. The van der Waals surface area contributed by atoms with Crippen molar-refractivity contribution in [3.05, 3.63) is 101 Å². The molecular weight excluding hydrogens is 440 g/mol. The topological polar surface area (TPSA) is 84.9 Å². The lowest BCUT2D eigenvalue weighted by molar-refractivity contribution is 0.0706.